The SMILES string of the molecule is Sc1ccc(-c2ccc3c(c2)COC2(CCN(C4CCC4)CC2)O3)s1. The second-order valence-electron chi connectivity index (χ2n) is 7.38. The van der Waals surface area contributed by atoms with Crippen LogP contribution >= 0.6 is 24.0 Å². The second kappa shape index (κ2) is 6.31. The van der Waals surface area contributed by atoms with Crippen molar-refractivity contribution in [1.82, 2.24) is 4.90 Å². The molecule has 5 rings (SSSR count). The molecule has 2 aromatic rings. The summed E-state index contributed by atoms with van der Waals surface area (Å²) in [4.78, 5) is 3.87. The van der Waals surface area contributed by atoms with Gasteiger partial charge >= 0.3 is 0 Å². The Kier molecular flexibility index (Phi) is 4.08. The molecule has 0 bridgehead atoms. The molecule has 3 aliphatic rings. The number of likely N-dealkylation sites (tertiary alicyclic amines) is 1. The van der Waals surface area contributed by atoms with Crippen LogP contribution in [0, 0.1) is 0 Å². The first-order valence-corrected chi connectivity index (χ1v) is 10.5. The standard InChI is InChI=1S/C20H23NO2S2/c24-19-7-6-18(25-19)14-4-5-17-15(12-14)13-22-20(23-17)8-10-21(11-9-20)16-2-1-3-16/h4-7,12,16,24H,1-3,8-11,13H2. The molecule has 0 N–H and O–H groups in total. The molecule has 2 aliphatic heterocycles. The van der Waals surface area contributed by atoms with E-state index in [4.69, 9.17) is 9.47 Å². The van der Waals surface area contributed by atoms with Crippen LogP contribution < -0.4 is 4.74 Å². The number of rotatable bonds is 2. The summed E-state index contributed by atoms with van der Waals surface area (Å²) in [5.41, 5.74) is 2.37. The maximum absolute atomic E-state index is 6.38. The molecule has 3 heterocycles. The van der Waals surface area contributed by atoms with E-state index in [9.17, 15) is 0 Å². The molecule has 0 atom stereocenters. The Balaban J connectivity index is 1.31. The summed E-state index contributed by atoms with van der Waals surface area (Å²) in [6.07, 6.45) is 6.08. The van der Waals surface area contributed by atoms with E-state index < -0.39 is 5.79 Å². The van der Waals surface area contributed by atoms with E-state index in [1.807, 2.05) is 6.07 Å². The first kappa shape index (κ1) is 16.2. The van der Waals surface area contributed by atoms with Gasteiger partial charge in [0.25, 0.3) is 0 Å². The predicted molar refractivity (Wildman–Crippen MR) is 104 cm³/mol. The van der Waals surface area contributed by atoms with E-state index in [0.29, 0.717) is 6.61 Å². The minimum Gasteiger partial charge on any atom is -0.462 e. The topological polar surface area (TPSA) is 21.7 Å². The molecule has 25 heavy (non-hydrogen) atoms. The van der Waals surface area contributed by atoms with E-state index in [1.165, 1.54) is 29.7 Å². The molecule has 1 saturated heterocycles. The van der Waals surface area contributed by atoms with Crippen LogP contribution in [0.5, 0.6) is 5.75 Å². The molecule has 1 aromatic heterocycles. The van der Waals surface area contributed by atoms with Gasteiger partial charge in [0.2, 0.25) is 5.79 Å². The van der Waals surface area contributed by atoms with E-state index in [0.717, 1.165) is 47.5 Å². The highest BCUT2D eigenvalue weighted by Crippen LogP contribution is 2.41. The Labute approximate surface area is 158 Å². The fourth-order valence-electron chi connectivity index (χ4n) is 4.10. The Morgan fingerprint density at radius 1 is 1.12 bits per heavy atom. The predicted octanol–water partition coefficient (Wildman–Crippen LogP) is 4.96. The largest absolute Gasteiger partial charge is 0.462 e. The molecule has 0 amide bonds. The number of thiol groups is 1. The molecular formula is C20H23NO2S2. The van der Waals surface area contributed by atoms with Crippen molar-refractivity contribution in [3.63, 3.8) is 0 Å². The van der Waals surface area contributed by atoms with Crippen molar-refractivity contribution >= 4 is 24.0 Å². The molecule has 5 heteroatoms. The lowest BCUT2D eigenvalue weighted by atomic mass is 9.89. The van der Waals surface area contributed by atoms with Gasteiger partial charge in [-0.1, -0.05) is 6.42 Å². The van der Waals surface area contributed by atoms with Crippen molar-refractivity contribution in [2.24, 2.45) is 0 Å². The molecule has 0 unspecified atom stereocenters. The summed E-state index contributed by atoms with van der Waals surface area (Å²) < 4.78 is 13.7. The Morgan fingerprint density at radius 3 is 2.64 bits per heavy atom. The van der Waals surface area contributed by atoms with Crippen LogP contribution in [0.3, 0.4) is 0 Å². The molecule has 1 spiro atoms. The highest BCUT2D eigenvalue weighted by Gasteiger charge is 2.42. The molecule has 2 fully saturated rings. The lowest BCUT2D eigenvalue weighted by Crippen LogP contribution is -2.54. The van der Waals surface area contributed by atoms with Gasteiger partial charge in [-0.2, -0.15) is 0 Å². The van der Waals surface area contributed by atoms with Gasteiger partial charge in [-0.25, -0.2) is 0 Å². The van der Waals surface area contributed by atoms with Crippen LogP contribution in [0.1, 0.15) is 37.7 Å². The van der Waals surface area contributed by atoms with Crippen molar-refractivity contribution in [3.05, 3.63) is 35.9 Å². The van der Waals surface area contributed by atoms with Crippen LogP contribution in [0.15, 0.2) is 34.5 Å². The lowest BCUT2D eigenvalue weighted by Gasteiger charge is -2.47. The Hall–Kier alpha value is -1.01. The summed E-state index contributed by atoms with van der Waals surface area (Å²) in [7, 11) is 0. The molecule has 1 aliphatic carbocycles. The molecular weight excluding hydrogens is 350 g/mol. The van der Waals surface area contributed by atoms with Crippen LogP contribution in [-0.4, -0.2) is 29.8 Å². The van der Waals surface area contributed by atoms with E-state index >= 15 is 0 Å². The lowest BCUT2D eigenvalue weighted by molar-refractivity contribution is -0.231. The second-order valence-corrected chi connectivity index (χ2v) is 9.25. The first-order valence-electron chi connectivity index (χ1n) is 9.20. The molecule has 3 nitrogen and oxygen atoms in total. The molecule has 0 radical (unpaired) electrons. The zero-order chi connectivity index (χ0) is 16.9. The third-order valence-corrected chi connectivity index (χ3v) is 7.23. The molecule has 1 aromatic carbocycles. The zero-order valence-electron chi connectivity index (χ0n) is 14.2. The van der Waals surface area contributed by atoms with Crippen molar-refractivity contribution in [1.29, 1.82) is 0 Å². The zero-order valence-corrected chi connectivity index (χ0v) is 16.0. The van der Waals surface area contributed by atoms with Crippen LogP contribution in [0.2, 0.25) is 0 Å². The van der Waals surface area contributed by atoms with Crippen LogP contribution in [0.25, 0.3) is 10.4 Å². The number of piperidine rings is 1. The highest BCUT2D eigenvalue weighted by molar-refractivity contribution is 7.83. The van der Waals surface area contributed by atoms with E-state index in [-0.39, 0.29) is 0 Å². The smallest absolute Gasteiger partial charge is 0.213 e. The van der Waals surface area contributed by atoms with Gasteiger partial charge in [0.1, 0.15) is 5.75 Å². The van der Waals surface area contributed by atoms with E-state index in [1.54, 1.807) is 11.3 Å². The summed E-state index contributed by atoms with van der Waals surface area (Å²) in [6, 6.07) is 11.5. The summed E-state index contributed by atoms with van der Waals surface area (Å²) in [5.74, 6) is 0.588. The number of benzene rings is 1. The van der Waals surface area contributed by atoms with Gasteiger partial charge in [-0.15, -0.1) is 24.0 Å². The number of nitrogens with zero attached hydrogens (tertiary/aromatic N) is 1. The van der Waals surface area contributed by atoms with Crippen molar-refractivity contribution in [2.75, 3.05) is 13.1 Å². The summed E-state index contributed by atoms with van der Waals surface area (Å²) in [5, 5.41) is 0. The number of fused-ring (bicyclic) bond motifs is 1. The fourth-order valence-corrected chi connectivity index (χ4v) is 5.21. The van der Waals surface area contributed by atoms with Gasteiger partial charge < -0.3 is 9.47 Å². The van der Waals surface area contributed by atoms with Crippen molar-refractivity contribution < 1.29 is 9.47 Å². The monoisotopic (exact) mass is 373 g/mol. The highest BCUT2D eigenvalue weighted by atomic mass is 32.2. The van der Waals surface area contributed by atoms with Gasteiger partial charge in [0.15, 0.2) is 0 Å². The van der Waals surface area contributed by atoms with Gasteiger partial charge in [0.05, 0.1) is 10.8 Å². The normalized spacial score (nSPS) is 23.1. The van der Waals surface area contributed by atoms with Gasteiger partial charge in [-0.05, 0) is 48.7 Å². The minimum atomic E-state index is -0.407. The average Bonchev–Trinajstić information content (AvgIpc) is 3.02. The average molecular weight is 374 g/mol. The van der Waals surface area contributed by atoms with Gasteiger partial charge in [0, 0.05) is 42.4 Å². The third-order valence-electron chi connectivity index (χ3n) is 5.87. The minimum absolute atomic E-state index is 0.407. The molecule has 132 valence electrons. The van der Waals surface area contributed by atoms with Crippen LogP contribution in [-0.2, 0) is 11.3 Å². The maximum atomic E-state index is 6.38. The third kappa shape index (κ3) is 3.01. The number of ether oxygens (including phenoxy) is 2. The Bertz CT molecular complexity index is 776. The number of thiophene rings is 1. The first-order chi connectivity index (χ1) is 12.2. The fraction of sp³-hybridized carbons (Fsp3) is 0.500. The summed E-state index contributed by atoms with van der Waals surface area (Å²) in [6.45, 7) is 2.84. The molecule has 1 saturated carbocycles. The maximum Gasteiger partial charge on any atom is 0.213 e. The summed E-state index contributed by atoms with van der Waals surface area (Å²) >= 11 is 6.12. The van der Waals surface area contributed by atoms with Crippen LogP contribution in [0.4, 0.5) is 0 Å². The van der Waals surface area contributed by atoms with Crippen molar-refractivity contribution in [2.45, 2.75) is 54.7 Å². The number of hydrogen-bond acceptors (Lipinski definition) is 5. The quantitative estimate of drug-likeness (QED) is 0.752. The van der Waals surface area contributed by atoms with Gasteiger partial charge in [-0.3, -0.25) is 4.90 Å². The Morgan fingerprint density at radius 2 is 1.96 bits per heavy atom. The van der Waals surface area contributed by atoms with E-state index in [2.05, 4.69) is 41.8 Å². The number of hydrogen-bond donors (Lipinski definition) is 1. The van der Waals surface area contributed by atoms with Crippen molar-refractivity contribution in [3.8, 4) is 16.2 Å².